The first-order valence-corrected chi connectivity index (χ1v) is 9.44. The minimum absolute atomic E-state index is 0.0981. The van der Waals surface area contributed by atoms with Crippen LogP contribution in [-0.4, -0.2) is 53.3 Å². The van der Waals surface area contributed by atoms with Crippen LogP contribution in [0.3, 0.4) is 0 Å². The largest absolute Gasteiger partial charge is 0.342 e. The lowest BCUT2D eigenvalue weighted by Crippen LogP contribution is -2.50. The molecule has 0 saturated carbocycles. The van der Waals surface area contributed by atoms with Crippen molar-refractivity contribution in [2.24, 2.45) is 5.92 Å². The molecule has 2 bridgehead atoms. The molecule has 2 amide bonds. The molecule has 3 atom stereocenters. The zero-order valence-electron chi connectivity index (χ0n) is 14.9. The van der Waals surface area contributed by atoms with Gasteiger partial charge in [-0.15, -0.1) is 0 Å². The first kappa shape index (κ1) is 16.6. The summed E-state index contributed by atoms with van der Waals surface area (Å²) in [7, 11) is 1.93. The molecule has 3 aliphatic heterocycles. The summed E-state index contributed by atoms with van der Waals surface area (Å²) in [6.45, 7) is 1.15. The topological polar surface area (TPSA) is 52.7 Å². The SMILES string of the molecule is CN(C(=O)C1CC(=O)N(Cc2ccccc2)C1)C1CC2CCC(C1)N2. The van der Waals surface area contributed by atoms with Crippen molar-refractivity contribution in [3.05, 3.63) is 35.9 Å². The lowest BCUT2D eigenvalue weighted by molar-refractivity contribution is -0.137. The number of nitrogens with one attached hydrogen (secondary N) is 1. The van der Waals surface area contributed by atoms with Crippen LogP contribution in [0, 0.1) is 5.92 Å². The fraction of sp³-hybridized carbons (Fsp3) is 0.600. The highest BCUT2D eigenvalue weighted by Gasteiger charge is 2.40. The molecule has 4 rings (SSSR count). The van der Waals surface area contributed by atoms with Gasteiger partial charge in [-0.25, -0.2) is 0 Å². The molecule has 0 radical (unpaired) electrons. The van der Waals surface area contributed by atoms with E-state index in [2.05, 4.69) is 5.32 Å². The summed E-state index contributed by atoms with van der Waals surface area (Å²) in [5.74, 6) is 0.0601. The van der Waals surface area contributed by atoms with Crippen LogP contribution in [-0.2, 0) is 16.1 Å². The lowest BCUT2D eigenvalue weighted by atomic mass is 9.97. The van der Waals surface area contributed by atoms with Crippen LogP contribution in [0.2, 0.25) is 0 Å². The lowest BCUT2D eigenvalue weighted by Gasteiger charge is -2.36. The van der Waals surface area contributed by atoms with E-state index in [1.54, 1.807) is 0 Å². The first-order chi connectivity index (χ1) is 12.1. The quantitative estimate of drug-likeness (QED) is 0.908. The molecule has 3 saturated heterocycles. The Morgan fingerprint density at radius 2 is 1.88 bits per heavy atom. The van der Waals surface area contributed by atoms with Gasteiger partial charge in [0.25, 0.3) is 0 Å². The molecule has 3 unspecified atom stereocenters. The second-order valence-electron chi connectivity index (χ2n) is 7.87. The summed E-state index contributed by atoms with van der Waals surface area (Å²) < 4.78 is 0. The Morgan fingerprint density at radius 1 is 1.20 bits per heavy atom. The van der Waals surface area contributed by atoms with Gasteiger partial charge in [0, 0.05) is 44.7 Å². The van der Waals surface area contributed by atoms with E-state index in [1.807, 2.05) is 47.2 Å². The molecule has 134 valence electrons. The average molecular weight is 341 g/mol. The van der Waals surface area contributed by atoms with Crippen molar-refractivity contribution in [1.29, 1.82) is 0 Å². The molecule has 25 heavy (non-hydrogen) atoms. The minimum Gasteiger partial charge on any atom is -0.342 e. The van der Waals surface area contributed by atoms with Gasteiger partial charge in [0.1, 0.15) is 0 Å². The van der Waals surface area contributed by atoms with Crippen molar-refractivity contribution in [2.75, 3.05) is 13.6 Å². The van der Waals surface area contributed by atoms with Crippen molar-refractivity contribution < 1.29 is 9.59 Å². The van der Waals surface area contributed by atoms with Crippen molar-refractivity contribution in [2.45, 2.75) is 56.8 Å². The van der Waals surface area contributed by atoms with Gasteiger partial charge >= 0.3 is 0 Å². The van der Waals surface area contributed by atoms with Crippen LogP contribution in [0.15, 0.2) is 30.3 Å². The smallest absolute Gasteiger partial charge is 0.227 e. The van der Waals surface area contributed by atoms with Gasteiger partial charge in [-0.05, 0) is 31.2 Å². The van der Waals surface area contributed by atoms with E-state index in [1.165, 1.54) is 12.8 Å². The minimum atomic E-state index is -0.186. The summed E-state index contributed by atoms with van der Waals surface area (Å²) in [4.78, 5) is 29.1. The van der Waals surface area contributed by atoms with Crippen LogP contribution in [0.1, 0.15) is 37.7 Å². The van der Waals surface area contributed by atoms with Crippen molar-refractivity contribution >= 4 is 11.8 Å². The molecular weight excluding hydrogens is 314 g/mol. The second kappa shape index (κ2) is 6.79. The fourth-order valence-electron chi connectivity index (χ4n) is 4.71. The number of piperidine rings is 1. The van der Waals surface area contributed by atoms with Crippen LogP contribution >= 0.6 is 0 Å². The van der Waals surface area contributed by atoms with E-state index in [0.29, 0.717) is 37.6 Å². The Balaban J connectivity index is 1.37. The maximum Gasteiger partial charge on any atom is 0.227 e. The molecule has 5 nitrogen and oxygen atoms in total. The van der Waals surface area contributed by atoms with Crippen LogP contribution in [0.5, 0.6) is 0 Å². The Bertz CT molecular complexity index is 636. The number of fused-ring (bicyclic) bond motifs is 2. The monoisotopic (exact) mass is 341 g/mol. The zero-order valence-corrected chi connectivity index (χ0v) is 14.9. The van der Waals surface area contributed by atoms with Gasteiger partial charge in [0.2, 0.25) is 11.8 Å². The van der Waals surface area contributed by atoms with Crippen LogP contribution < -0.4 is 5.32 Å². The van der Waals surface area contributed by atoms with E-state index >= 15 is 0 Å². The van der Waals surface area contributed by atoms with Gasteiger partial charge in [-0.3, -0.25) is 9.59 Å². The van der Waals surface area contributed by atoms with E-state index in [0.717, 1.165) is 18.4 Å². The first-order valence-electron chi connectivity index (χ1n) is 9.44. The number of carbonyl (C=O) groups is 2. The second-order valence-corrected chi connectivity index (χ2v) is 7.87. The number of benzene rings is 1. The van der Waals surface area contributed by atoms with E-state index in [9.17, 15) is 9.59 Å². The van der Waals surface area contributed by atoms with E-state index in [-0.39, 0.29) is 17.7 Å². The number of carbonyl (C=O) groups excluding carboxylic acids is 2. The van der Waals surface area contributed by atoms with E-state index in [4.69, 9.17) is 0 Å². The summed E-state index contributed by atoms with van der Waals surface area (Å²) in [6.07, 6.45) is 4.92. The molecule has 1 N–H and O–H groups in total. The molecule has 0 spiro atoms. The maximum absolute atomic E-state index is 12.9. The molecule has 1 aromatic rings. The van der Waals surface area contributed by atoms with Crippen molar-refractivity contribution in [3.8, 4) is 0 Å². The Morgan fingerprint density at radius 3 is 2.56 bits per heavy atom. The van der Waals surface area contributed by atoms with E-state index < -0.39 is 0 Å². The molecular formula is C20H27N3O2. The number of hydrogen-bond donors (Lipinski definition) is 1. The Labute approximate surface area is 149 Å². The van der Waals surface area contributed by atoms with Gasteiger partial charge in [0.05, 0.1) is 5.92 Å². The van der Waals surface area contributed by atoms with Crippen molar-refractivity contribution in [1.82, 2.24) is 15.1 Å². The summed E-state index contributed by atoms with van der Waals surface area (Å²) >= 11 is 0. The molecule has 0 aromatic heterocycles. The predicted molar refractivity (Wildman–Crippen MR) is 95.7 cm³/mol. The third kappa shape index (κ3) is 3.43. The zero-order chi connectivity index (χ0) is 17.4. The van der Waals surface area contributed by atoms with Crippen LogP contribution in [0.4, 0.5) is 0 Å². The molecule has 1 aromatic carbocycles. The number of nitrogens with zero attached hydrogens (tertiary/aromatic N) is 2. The number of hydrogen-bond acceptors (Lipinski definition) is 3. The molecule has 0 aliphatic carbocycles. The summed E-state index contributed by atoms with van der Waals surface area (Å²) in [6, 6.07) is 11.5. The van der Waals surface area contributed by atoms with Gasteiger partial charge in [0.15, 0.2) is 0 Å². The molecule has 3 heterocycles. The number of amides is 2. The highest BCUT2D eigenvalue weighted by atomic mass is 16.2. The fourth-order valence-corrected chi connectivity index (χ4v) is 4.71. The summed E-state index contributed by atoms with van der Waals surface area (Å²) in [5, 5.41) is 3.62. The third-order valence-electron chi connectivity index (χ3n) is 6.12. The number of rotatable bonds is 4. The predicted octanol–water partition coefficient (Wildman–Crippen LogP) is 1.78. The maximum atomic E-state index is 12.9. The Kier molecular flexibility index (Phi) is 4.50. The standard InChI is InChI=1S/C20H27N3O2/c1-22(18-10-16-7-8-17(11-18)21-16)20(25)15-9-19(24)23(13-15)12-14-5-3-2-4-6-14/h2-6,15-18,21H,7-13H2,1H3. The molecule has 5 heteroatoms. The third-order valence-corrected chi connectivity index (χ3v) is 6.12. The van der Waals surface area contributed by atoms with Gasteiger partial charge < -0.3 is 15.1 Å². The van der Waals surface area contributed by atoms with Gasteiger partial charge in [-0.2, -0.15) is 0 Å². The summed E-state index contributed by atoms with van der Waals surface area (Å²) in [5.41, 5.74) is 1.12. The van der Waals surface area contributed by atoms with Crippen LogP contribution in [0.25, 0.3) is 0 Å². The normalized spacial score (nSPS) is 31.4. The Hall–Kier alpha value is -1.88. The van der Waals surface area contributed by atoms with Gasteiger partial charge in [-0.1, -0.05) is 30.3 Å². The molecule has 3 fully saturated rings. The number of likely N-dealkylation sites (tertiary alicyclic amines) is 1. The average Bonchev–Trinajstić information content (AvgIpc) is 3.16. The highest BCUT2D eigenvalue weighted by Crippen LogP contribution is 2.31. The molecule has 3 aliphatic rings. The highest BCUT2D eigenvalue weighted by molar-refractivity contribution is 5.89. The van der Waals surface area contributed by atoms with Crippen molar-refractivity contribution in [3.63, 3.8) is 0 Å².